The molecule has 1 amide bonds. The van der Waals surface area contributed by atoms with Crippen molar-refractivity contribution >= 4 is 16.8 Å². The second kappa shape index (κ2) is 7.51. The van der Waals surface area contributed by atoms with Crippen molar-refractivity contribution in [1.29, 1.82) is 0 Å². The lowest BCUT2D eigenvalue weighted by Crippen LogP contribution is -2.35. The summed E-state index contributed by atoms with van der Waals surface area (Å²) in [7, 11) is 1.70. The Morgan fingerprint density at radius 3 is 2.64 bits per heavy atom. The average Bonchev–Trinajstić information content (AvgIpc) is 2.79. The summed E-state index contributed by atoms with van der Waals surface area (Å²) in [6, 6.07) is 6.29. The van der Waals surface area contributed by atoms with Crippen molar-refractivity contribution < 1.29 is 9.53 Å². The van der Waals surface area contributed by atoms with Crippen molar-refractivity contribution in [3.8, 4) is 5.75 Å². The maximum atomic E-state index is 13.3. The fraction of sp³-hybridized carbons (Fsp3) is 0.571. The van der Waals surface area contributed by atoms with E-state index in [0.29, 0.717) is 0 Å². The van der Waals surface area contributed by atoms with Crippen LogP contribution in [-0.2, 0) is 17.8 Å². The highest BCUT2D eigenvalue weighted by Gasteiger charge is 2.32. The Morgan fingerprint density at radius 2 is 2.00 bits per heavy atom. The SMILES string of the molecule is CCN(CC)C(=O)C1CCCCc2c1c1cc(OC)ccc1n2CC. The van der Waals surface area contributed by atoms with Crippen molar-refractivity contribution in [2.24, 2.45) is 0 Å². The fourth-order valence-electron chi connectivity index (χ4n) is 4.35. The first-order valence-electron chi connectivity index (χ1n) is 9.63. The first kappa shape index (κ1) is 17.8. The van der Waals surface area contributed by atoms with Crippen molar-refractivity contribution in [3.63, 3.8) is 0 Å². The topological polar surface area (TPSA) is 34.5 Å². The first-order chi connectivity index (χ1) is 12.2. The lowest BCUT2D eigenvalue weighted by molar-refractivity contribution is -0.132. The molecule has 1 aromatic heterocycles. The molecule has 1 heterocycles. The smallest absolute Gasteiger partial charge is 0.230 e. The molecule has 0 spiro atoms. The van der Waals surface area contributed by atoms with E-state index in [-0.39, 0.29) is 11.8 Å². The van der Waals surface area contributed by atoms with Crippen LogP contribution in [0.25, 0.3) is 10.9 Å². The number of hydrogen-bond acceptors (Lipinski definition) is 2. The van der Waals surface area contributed by atoms with E-state index in [4.69, 9.17) is 4.74 Å². The van der Waals surface area contributed by atoms with Gasteiger partial charge in [-0.05, 0) is 63.8 Å². The van der Waals surface area contributed by atoms with E-state index in [2.05, 4.69) is 37.5 Å². The van der Waals surface area contributed by atoms with Crippen LogP contribution in [0.1, 0.15) is 57.2 Å². The summed E-state index contributed by atoms with van der Waals surface area (Å²) < 4.78 is 7.87. The Morgan fingerprint density at radius 1 is 1.24 bits per heavy atom. The second-order valence-electron chi connectivity index (χ2n) is 6.80. The van der Waals surface area contributed by atoms with Crippen molar-refractivity contribution in [2.75, 3.05) is 20.2 Å². The number of nitrogens with zero attached hydrogens (tertiary/aromatic N) is 2. The lowest BCUT2D eigenvalue weighted by atomic mass is 9.92. The van der Waals surface area contributed by atoms with Crippen LogP contribution in [0, 0.1) is 0 Å². The summed E-state index contributed by atoms with van der Waals surface area (Å²) in [4.78, 5) is 15.2. The molecule has 4 heteroatoms. The minimum absolute atomic E-state index is 0.0280. The number of hydrogen-bond donors (Lipinski definition) is 0. The predicted molar refractivity (Wildman–Crippen MR) is 102 cm³/mol. The number of ether oxygens (including phenoxy) is 1. The van der Waals surface area contributed by atoms with E-state index < -0.39 is 0 Å². The Balaban J connectivity index is 2.22. The number of rotatable bonds is 5. The molecule has 3 rings (SSSR count). The van der Waals surface area contributed by atoms with Gasteiger partial charge in [0.15, 0.2) is 0 Å². The highest BCUT2D eigenvalue weighted by molar-refractivity contribution is 5.94. The van der Waals surface area contributed by atoms with Gasteiger partial charge in [-0.25, -0.2) is 0 Å². The third kappa shape index (κ3) is 3.03. The maximum Gasteiger partial charge on any atom is 0.230 e. The zero-order valence-electron chi connectivity index (χ0n) is 16.0. The monoisotopic (exact) mass is 342 g/mol. The number of amides is 1. The van der Waals surface area contributed by atoms with Gasteiger partial charge in [-0.15, -0.1) is 0 Å². The standard InChI is InChI=1S/C21H30N2O2/c1-5-22(6-2)21(24)16-10-8-9-11-19-20(16)17-14-15(25-4)12-13-18(17)23(19)7-3/h12-14,16H,5-11H2,1-4H3. The number of benzene rings is 1. The molecule has 1 aliphatic rings. The van der Waals surface area contributed by atoms with Crippen LogP contribution >= 0.6 is 0 Å². The average molecular weight is 342 g/mol. The molecular formula is C21H30N2O2. The van der Waals surface area contributed by atoms with Gasteiger partial charge in [-0.1, -0.05) is 6.42 Å². The summed E-state index contributed by atoms with van der Waals surface area (Å²) in [5.41, 5.74) is 3.84. The molecule has 0 bridgehead atoms. The molecule has 1 aromatic carbocycles. The molecule has 1 atom stereocenters. The van der Waals surface area contributed by atoms with Gasteiger partial charge in [0.25, 0.3) is 0 Å². The van der Waals surface area contributed by atoms with Gasteiger partial charge >= 0.3 is 0 Å². The van der Waals surface area contributed by atoms with Gasteiger partial charge < -0.3 is 14.2 Å². The van der Waals surface area contributed by atoms with Crippen molar-refractivity contribution in [2.45, 2.75) is 58.9 Å². The van der Waals surface area contributed by atoms with Gasteiger partial charge in [0.2, 0.25) is 5.91 Å². The first-order valence-corrected chi connectivity index (χ1v) is 9.63. The number of likely N-dealkylation sites (N-methyl/N-ethyl adjacent to an activating group) is 1. The number of methoxy groups -OCH3 is 1. The number of aromatic nitrogens is 1. The molecule has 2 aromatic rings. The minimum atomic E-state index is -0.0280. The number of carbonyl (C=O) groups is 1. The zero-order chi connectivity index (χ0) is 18.0. The minimum Gasteiger partial charge on any atom is -0.497 e. The molecule has 0 saturated carbocycles. The van der Waals surface area contributed by atoms with Crippen molar-refractivity contribution in [1.82, 2.24) is 9.47 Å². The van der Waals surface area contributed by atoms with Gasteiger partial charge in [0, 0.05) is 36.2 Å². The third-order valence-corrected chi connectivity index (χ3v) is 5.62. The lowest BCUT2D eigenvalue weighted by Gasteiger charge is -2.25. The summed E-state index contributed by atoms with van der Waals surface area (Å²) in [6.45, 7) is 8.81. The highest BCUT2D eigenvalue weighted by Crippen LogP contribution is 2.40. The zero-order valence-corrected chi connectivity index (χ0v) is 16.0. The van der Waals surface area contributed by atoms with Crippen LogP contribution in [0.15, 0.2) is 18.2 Å². The van der Waals surface area contributed by atoms with E-state index in [1.54, 1.807) is 7.11 Å². The largest absolute Gasteiger partial charge is 0.497 e. The van der Waals surface area contributed by atoms with E-state index in [9.17, 15) is 4.79 Å². The Bertz CT molecular complexity index is 759. The molecule has 0 saturated heterocycles. The molecule has 1 aliphatic carbocycles. The van der Waals surface area contributed by atoms with E-state index in [1.807, 2.05) is 11.0 Å². The van der Waals surface area contributed by atoms with E-state index >= 15 is 0 Å². The molecule has 0 aliphatic heterocycles. The quantitative estimate of drug-likeness (QED) is 0.757. The molecule has 1 unspecified atom stereocenters. The van der Waals surface area contributed by atoms with Crippen LogP contribution in [0.5, 0.6) is 5.75 Å². The Kier molecular flexibility index (Phi) is 5.36. The normalized spacial score (nSPS) is 17.2. The predicted octanol–water partition coefficient (Wildman–Crippen LogP) is 4.35. The summed E-state index contributed by atoms with van der Waals surface area (Å²) >= 11 is 0. The molecular weight excluding hydrogens is 312 g/mol. The third-order valence-electron chi connectivity index (χ3n) is 5.62. The number of fused-ring (bicyclic) bond motifs is 3. The van der Waals surface area contributed by atoms with Crippen LogP contribution in [-0.4, -0.2) is 35.6 Å². The molecule has 4 nitrogen and oxygen atoms in total. The van der Waals surface area contributed by atoms with Gasteiger partial charge in [0.05, 0.1) is 13.0 Å². The van der Waals surface area contributed by atoms with Crippen LogP contribution in [0.4, 0.5) is 0 Å². The molecule has 136 valence electrons. The van der Waals surface area contributed by atoms with Crippen molar-refractivity contribution in [3.05, 3.63) is 29.5 Å². The van der Waals surface area contributed by atoms with Gasteiger partial charge in [0.1, 0.15) is 5.75 Å². The molecule has 25 heavy (non-hydrogen) atoms. The van der Waals surface area contributed by atoms with Gasteiger partial charge in [-0.2, -0.15) is 0 Å². The van der Waals surface area contributed by atoms with Crippen LogP contribution in [0.3, 0.4) is 0 Å². The van der Waals surface area contributed by atoms with E-state index in [0.717, 1.165) is 51.1 Å². The van der Waals surface area contributed by atoms with E-state index in [1.165, 1.54) is 22.2 Å². The highest BCUT2D eigenvalue weighted by atomic mass is 16.5. The molecule has 0 N–H and O–H groups in total. The summed E-state index contributed by atoms with van der Waals surface area (Å²) in [5, 5.41) is 1.20. The number of carbonyl (C=O) groups excluding carboxylic acids is 1. The fourth-order valence-corrected chi connectivity index (χ4v) is 4.35. The van der Waals surface area contributed by atoms with Gasteiger partial charge in [-0.3, -0.25) is 4.79 Å². The summed E-state index contributed by atoms with van der Waals surface area (Å²) in [5.74, 6) is 1.12. The summed E-state index contributed by atoms with van der Waals surface area (Å²) in [6.07, 6.45) is 4.27. The van der Waals surface area contributed by atoms with Crippen LogP contribution < -0.4 is 4.74 Å². The Labute approximate surface area is 150 Å². The Hall–Kier alpha value is -1.97. The number of aryl methyl sites for hydroxylation is 1. The van der Waals surface area contributed by atoms with Crippen LogP contribution in [0.2, 0.25) is 0 Å². The maximum absolute atomic E-state index is 13.3. The second-order valence-corrected chi connectivity index (χ2v) is 6.80. The molecule has 0 fully saturated rings. The molecule has 0 radical (unpaired) electrons.